The van der Waals surface area contributed by atoms with E-state index in [4.69, 9.17) is 5.53 Å². The summed E-state index contributed by atoms with van der Waals surface area (Å²) in [6.07, 6.45) is 1.24. The van der Waals surface area contributed by atoms with Crippen molar-refractivity contribution >= 4 is 5.78 Å². The van der Waals surface area contributed by atoms with E-state index in [9.17, 15) is 4.79 Å². The molecule has 4 heteroatoms. The third-order valence-corrected chi connectivity index (χ3v) is 2.19. The Labute approximate surface area is 88.6 Å². The molecule has 0 atom stereocenters. The summed E-state index contributed by atoms with van der Waals surface area (Å²) >= 11 is 0. The van der Waals surface area contributed by atoms with Crippen molar-refractivity contribution in [3.8, 4) is 0 Å². The summed E-state index contributed by atoms with van der Waals surface area (Å²) in [5.41, 5.74) is 9.96. The van der Waals surface area contributed by atoms with Crippen molar-refractivity contribution in [2.45, 2.75) is 19.8 Å². The van der Waals surface area contributed by atoms with Gasteiger partial charge in [-0.2, -0.15) is 0 Å². The molecular weight excluding hydrogens is 190 g/mol. The summed E-state index contributed by atoms with van der Waals surface area (Å²) in [5, 5.41) is 3.33. The van der Waals surface area contributed by atoms with Gasteiger partial charge in [-0.25, -0.2) is 0 Å². The first kappa shape index (κ1) is 11.3. The largest absolute Gasteiger partial charge is 0.294 e. The number of carbonyl (C=O) groups is 1. The predicted molar refractivity (Wildman–Crippen MR) is 58.8 cm³/mol. The fourth-order valence-corrected chi connectivity index (χ4v) is 1.27. The fourth-order valence-electron chi connectivity index (χ4n) is 1.27. The number of rotatable bonds is 5. The van der Waals surface area contributed by atoms with Crippen molar-refractivity contribution in [2.24, 2.45) is 5.11 Å². The summed E-state index contributed by atoms with van der Waals surface area (Å²) in [6.45, 7) is 2.29. The lowest BCUT2D eigenvalue weighted by Crippen LogP contribution is -2.00. The Kier molecular flexibility index (Phi) is 4.38. The SMILES string of the molecule is CCc1ccc(C(=O)CCN=[N+]=[N-])cc1. The highest BCUT2D eigenvalue weighted by atomic mass is 16.1. The van der Waals surface area contributed by atoms with E-state index in [0.29, 0.717) is 5.56 Å². The molecule has 0 amide bonds. The number of carbonyl (C=O) groups excluding carboxylic acids is 1. The van der Waals surface area contributed by atoms with E-state index in [-0.39, 0.29) is 18.7 Å². The van der Waals surface area contributed by atoms with Crippen LogP contribution in [0.5, 0.6) is 0 Å². The van der Waals surface area contributed by atoms with Gasteiger partial charge in [0.25, 0.3) is 0 Å². The Balaban J connectivity index is 2.61. The van der Waals surface area contributed by atoms with Gasteiger partial charge < -0.3 is 0 Å². The Morgan fingerprint density at radius 1 is 1.40 bits per heavy atom. The summed E-state index contributed by atoms with van der Waals surface area (Å²) in [5.74, 6) is 0.0186. The van der Waals surface area contributed by atoms with Crippen LogP contribution in [0.2, 0.25) is 0 Å². The topological polar surface area (TPSA) is 65.8 Å². The maximum atomic E-state index is 11.5. The number of nitrogens with zero attached hydrogens (tertiary/aromatic N) is 3. The summed E-state index contributed by atoms with van der Waals surface area (Å²) in [4.78, 5) is 14.1. The van der Waals surface area contributed by atoms with E-state index in [0.717, 1.165) is 6.42 Å². The summed E-state index contributed by atoms with van der Waals surface area (Å²) < 4.78 is 0. The van der Waals surface area contributed by atoms with Crippen LogP contribution in [0, 0.1) is 0 Å². The molecule has 1 aromatic rings. The molecule has 0 aliphatic heterocycles. The van der Waals surface area contributed by atoms with Gasteiger partial charge in [0.1, 0.15) is 0 Å². The lowest BCUT2D eigenvalue weighted by atomic mass is 10.1. The Bertz CT molecular complexity index is 377. The van der Waals surface area contributed by atoms with Crippen LogP contribution < -0.4 is 0 Å². The quantitative estimate of drug-likeness (QED) is 0.314. The third-order valence-electron chi connectivity index (χ3n) is 2.19. The molecule has 1 rings (SSSR count). The maximum absolute atomic E-state index is 11.5. The minimum absolute atomic E-state index is 0.0186. The first-order valence-corrected chi connectivity index (χ1v) is 4.91. The zero-order chi connectivity index (χ0) is 11.1. The molecule has 1 aromatic carbocycles. The molecule has 0 saturated carbocycles. The average Bonchev–Trinajstić information content (AvgIpc) is 2.29. The molecule has 15 heavy (non-hydrogen) atoms. The number of ketones is 1. The van der Waals surface area contributed by atoms with Crippen LogP contribution in [-0.2, 0) is 6.42 Å². The molecule has 0 fully saturated rings. The van der Waals surface area contributed by atoms with Gasteiger partial charge in [-0.3, -0.25) is 4.79 Å². The molecule has 0 spiro atoms. The number of aryl methyl sites for hydroxylation is 1. The predicted octanol–water partition coefficient (Wildman–Crippen LogP) is 3.13. The Morgan fingerprint density at radius 3 is 2.60 bits per heavy atom. The minimum Gasteiger partial charge on any atom is -0.294 e. The smallest absolute Gasteiger partial charge is 0.163 e. The van der Waals surface area contributed by atoms with Crippen LogP contribution >= 0.6 is 0 Å². The van der Waals surface area contributed by atoms with Gasteiger partial charge >= 0.3 is 0 Å². The molecule has 78 valence electrons. The molecule has 0 heterocycles. The second kappa shape index (κ2) is 5.83. The first-order valence-electron chi connectivity index (χ1n) is 4.91. The molecule has 0 radical (unpaired) electrons. The van der Waals surface area contributed by atoms with E-state index < -0.39 is 0 Å². The number of azide groups is 1. The van der Waals surface area contributed by atoms with Crippen LogP contribution in [-0.4, -0.2) is 12.3 Å². The first-order chi connectivity index (χ1) is 7.27. The molecular formula is C11H13N3O. The maximum Gasteiger partial charge on any atom is 0.163 e. The Morgan fingerprint density at radius 2 is 2.07 bits per heavy atom. The van der Waals surface area contributed by atoms with Gasteiger partial charge in [0, 0.05) is 23.4 Å². The van der Waals surface area contributed by atoms with Gasteiger partial charge in [-0.05, 0) is 17.5 Å². The zero-order valence-corrected chi connectivity index (χ0v) is 8.68. The van der Waals surface area contributed by atoms with Crippen molar-refractivity contribution < 1.29 is 4.79 Å². The molecule has 0 N–H and O–H groups in total. The highest BCUT2D eigenvalue weighted by Gasteiger charge is 2.03. The van der Waals surface area contributed by atoms with Crippen molar-refractivity contribution in [1.29, 1.82) is 0 Å². The van der Waals surface area contributed by atoms with Gasteiger partial charge in [-0.1, -0.05) is 36.3 Å². The monoisotopic (exact) mass is 203 g/mol. The highest BCUT2D eigenvalue weighted by molar-refractivity contribution is 5.96. The van der Waals surface area contributed by atoms with Crippen LogP contribution in [0.3, 0.4) is 0 Å². The number of benzene rings is 1. The number of Topliss-reactive ketones (excluding diaryl/α,β-unsaturated/α-hetero) is 1. The van der Waals surface area contributed by atoms with E-state index >= 15 is 0 Å². The van der Waals surface area contributed by atoms with Crippen molar-refractivity contribution in [3.63, 3.8) is 0 Å². The normalized spacial score (nSPS) is 9.40. The van der Waals surface area contributed by atoms with Crippen molar-refractivity contribution in [3.05, 3.63) is 45.8 Å². The molecule has 0 bridgehead atoms. The minimum atomic E-state index is 0.0186. The van der Waals surface area contributed by atoms with Crippen molar-refractivity contribution in [1.82, 2.24) is 0 Å². The highest BCUT2D eigenvalue weighted by Crippen LogP contribution is 2.07. The van der Waals surface area contributed by atoms with E-state index in [1.165, 1.54) is 5.56 Å². The van der Waals surface area contributed by atoms with E-state index in [2.05, 4.69) is 16.9 Å². The average molecular weight is 203 g/mol. The summed E-state index contributed by atoms with van der Waals surface area (Å²) in [6, 6.07) is 7.52. The zero-order valence-electron chi connectivity index (χ0n) is 8.68. The van der Waals surface area contributed by atoms with Crippen LogP contribution in [0.4, 0.5) is 0 Å². The van der Waals surface area contributed by atoms with Crippen molar-refractivity contribution in [2.75, 3.05) is 6.54 Å². The van der Waals surface area contributed by atoms with Gasteiger partial charge in [0.15, 0.2) is 5.78 Å². The molecule has 0 saturated heterocycles. The Hall–Kier alpha value is -1.80. The third kappa shape index (κ3) is 3.44. The van der Waals surface area contributed by atoms with Crippen LogP contribution in [0.15, 0.2) is 29.4 Å². The van der Waals surface area contributed by atoms with Crippen LogP contribution in [0.1, 0.15) is 29.3 Å². The van der Waals surface area contributed by atoms with E-state index in [1.54, 1.807) is 0 Å². The number of hydrogen-bond donors (Lipinski definition) is 0. The second-order valence-corrected chi connectivity index (χ2v) is 3.18. The van der Waals surface area contributed by atoms with Crippen LogP contribution in [0.25, 0.3) is 10.4 Å². The van der Waals surface area contributed by atoms with Gasteiger partial charge in [0.05, 0.1) is 0 Å². The molecule has 0 aromatic heterocycles. The lowest BCUT2D eigenvalue weighted by Gasteiger charge is -2.00. The molecule has 4 nitrogen and oxygen atoms in total. The molecule has 0 unspecified atom stereocenters. The molecule has 0 aliphatic carbocycles. The van der Waals surface area contributed by atoms with Gasteiger partial charge in [-0.15, -0.1) is 0 Å². The lowest BCUT2D eigenvalue weighted by molar-refractivity contribution is 0.0985. The summed E-state index contributed by atoms with van der Waals surface area (Å²) in [7, 11) is 0. The fraction of sp³-hybridized carbons (Fsp3) is 0.364. The standard InChI is InChI=1S/C11H13N3O/c1-2-9-3-5-10(6-4-9)11(15)7-8-13-14-12/h3-6H,2,7-8H2,1H3. The number of hydrogen-bond acceptors (Lipinski definition) is 2. The van der Waals surface area contributed by atoms with Gasteiger partial charge in [0.2, 0.25) is 0 Å². The second-order valence-electron chi connectivity index (χ2n) is 3.18. The molecule has 0 aliphatic rings. The van der Waals surface area contributed by atoms with E-state index in [1.807, 2.05) is 24.3 Å².